The van der Waals surface area contributed by atoms with E-state index >= 15 is 0 Å². The first-order valence-corrected chi connectivity index (χ1v) is 7.75. The van der Waals surface area contributed by atoms with Crippen LogP contribution in [0.15, 0.2) is 18.2 Å². The quantitative estimate of drug-likeness (QED) is 0.542. The van der Waals surface area contributed by atoms with E-state index in [0.717, 1.165) is 10.3 Å². The minimum atomic E-state index is 0.471. The normalized spacial score (nSPS) is 13.0. The third-order valence-corrected chi connectivity index (χ3v) is 4.15. The molecule has 104 valence electrons. The summed E-state index contributed by atoms with van der Waals surface area (Å²) in [4.78, 5) is 3.33. The number of benzene rings is 1. The van der Waals surface area contributed by atoms with Gasteiger partial charge in [0.15, 0.2) is 4.77 Å². The van der Waals surface area contributed by atoms with Crippen LogP contribution in [-0.4, -0.2) is 9.55 Å². The summed E-state index contributed by atoms with van der Waals surface area (Å²) in [5, 5.41) is 0. The van der Waals surface area contributed by atoms with Crippen LogP contribution in [-0.2, 0) is 0 Å². The van der Waals surface area contributed by atoms with Gasteiger partial charge in [-0.25, -0.2) is 0 Å². The molecular formula is C16H24N2S. The fourth-order valence-electron chi connectivity index (χ4n) is 2.77. The molecule has 0 spiro atoms. The molecule has 0 amide bonds. The maximum atomic E-state index is 5.50. The van der Waals surface area contributed by atoms with Gasteiger partial charge < -0.3 is 9.55 Å². The van der Waals surface area contributed by atoms with Crippen LogP contribution in [0, 0.1) is 11.7 Å². The van der Waals surface area contributed by atoms with Crippen LogP contribution in [0.25, 0.3) is 11.0 Å². The molecule has 19 heavy (non-hydrogen) atoms. The minimum absolute atomic E-state index is 0.471. The number of hydrogen-bond donors (Lipinski definition) is 1. The lowest BCUT2D eigenvalue weighted by atomic mass is 10.1. The maximum Gasteiger partial charge on any atom is 0.178 e. The lowest BCUT2D eigenvalue weighted by Gasteiger charge is -2.15. The first-order valence-electron chi connectivity index (χ1n) is 7.35. The third-order valence-electron chi connectivity index (χ3n) is 3.86. The van der Waals surface area contributed by atoms with Crippen LogP contribution in [0.5, 0.6) is 0 Å². The number of nitrogens with zero attached hydrogens (tertiary/aromatic N) is 1. The molecule has 0 aliphatic heterocycles. The van der Waals surface area contributed by atoms with E-state index in [1.807, 2.05) is 0 Å². The molecular weight excluding hydrogens is 252 g/mol. The topological polar surface area (TPSA) is 20.7 Å². The summed E-state index contributed by atoms with van der Waals surface area (Å²) >= 11 is 5.50. The van der Waals surface area contributed by atoms with Crippen molar-refractivity contribution in [2.45, 2.75) is 58.9 Å². The van der Waals surface area contributed by atoms with E-state index in [2.05, 4.69) is 48.5 Å². The highest BCUT2D eigenvalue weighted by atomic mass is 32.1. The van der Waals surface area contributed by atoms with E-state index in [0.29, 0.717) is 6.04 Å². The molecule has 1 N–H and O–H groups in total. The van der Waals surface area contributed by atoms with E-state index in [1.165, 1.54) is 43.2 Å². The Kier molecular flexibility index (Phi) is 4.81. The van der Waals surface area contributed by atoms with Crippen molar-refractivity contribution in [3.63, 3.8) is 0 Å². The zero-order chi connectivity index (χ0) is 13.8. The van der Waals surface area contributed by atoms with Crippen LogP contribution in [0.1, 0.15) is 57.6 Å². The second kappa shape index (κ2) is 6.38. The fourth-order valence-corrected chi connectivity index (χ4v) is 3.15. The number of para-hydroxylation sites is 1. The fraction of sp³-hybridized carbons (Fsp3) is 0.562. The third kappa shape index (κ3) is 3.08. The van der Waals surface area contributed by atoms with E-state index in [-0.39, 0.29) is 0 Å². The molecule has 1 heterocycles. The van der Waals surface area contributed by atoms with Gasteiger partial charge in [-0.3, -0.25) is 0 Å². The SMILES string of the molecule is CCCCCCC(C)n1c(=S)[nH]c2cccc(C)c21. The molecule has 3 heteroatoms. The Hall–Kier alpha value is -1.09. The molecule has 0 fully saturated rings. The van der Waals surface area contributed by atoms with Crippen LogP contribution < -0.4 is 0 Å². The number of aryl methyl sites for hydroxylation is 1. The number of aromatic amines is 1. The average molecular weight is 276 g/mol. The second-order valence-electron chi connectivity index (χ2n) is 5.47. The molecule has 0 bridgehead atoms. The van der Waals surface area contributed by atoms with Crippen LogP contribution in [0.4, 0.5) is 0 Å². The predicted molar refractivity (Wildman–Crippen MR) is 85.3 cm³/mol. The number of hydrogen-bond acceptors (Lipinski definition) is 1. The van der Waals surface area contributed by atoms with Crippen molar-refractivity contribution in [3.05, 3.63) is 28.5 Å². The second-order valence-corrected chi connectivity index (χ2v) is 5.86. The van der Waals surface area contributed by atoms with Gasteiger partial charge in [-0.2, -0.15) is 0 Å². The first-order chi connectivity index (χ1) is 9.15. The zero-order valence-electron chi connectivity index (χ0n) is 12.2. The highest BCUT2D eigenvalue weighted by molar-refractivity contribution is 7.71. The van der Waals surface area contributed by atoms with Crippen molar-refractivity contribution in [3.8, 4) is 0 Å². The van der Waals surface area contributed by atoms with Gasteiger partial charge in [-0.1, -0.05) is 44.7 Å². The van der Waals surface area contributed by atoms with Gasteiger partial charge in [0.25, 0.3) is 0 Å². The van der Waals surface area contributed by atoms with Crippen LogP contribution >= 0.6 is 12.2 Å². The Labute approximate surface area is 120 Å². The summed E-state index contributed by atoms with van der Waals surface area (Å²) in [7, 11) is 0. The van der Waals surface area contributed by atoms with Gasteiger partial charge in [0.1, 0.15) is 0 Å². The van der Waals surface area contributed by atoms with E-state index in [9.17, 15) is 0 Å². The van der Waals surface area contributed by atoms with Crippen molar-refractivity contribution in [2.75, 3.05) is 0 Å². The van der Waals surface area contributed by atoms with Gasteiger partial charge in [-0.15, -0.1) is 0 Å². The average Bonchev–Trinajstić information content (AvgIpc) is 2.72. The van der Waals surface area contributed by atoms with Gasteiger partial charge in [0.05, 0.1) is 11.0 Å². The summed E-state index contributed by atoms with van der Waals surface area (Å²) in [5.74, 6) is 0. The number of nitrogens with one attached hydrogen (secondary N) is 1. The predicted octanol–water partition coefficient (Wildman–Crippen LogP) is 5.54. The maximum absolute atomic E-state index is 5.50. The molecule has 2 nitrogen and oxygen atoms in total. The molecule has 0 aliphatic rings. The zero-order valence-corrected chi connectivity index (χ0v) is 13.0. The Morgan fingerprint density at radius 2 is 2.05 bits per heavy atom. The summed E-state index contributed by atoms with van der Waals surface area (Å²) in [6, 6.07) is 6.82. The van der Waals surface area contributed by atoms with Crippen molar-refractivity contribution >= 4 is 23.3 Å². The lowest BCUT2D eigenvalue weighted by molar-refractivity contribution is 0.477. The van der Waals surface area contributed by atoms with E-state index in [1.54, 1.807) is 0 Å². The standard InChI is InChI=1S/C16H24N2S/c1-4-5-6-7-10-13(3)18-15-12(2)9-8-11-14(15)17-16(18)19/h8-9,11,13H,4-7,10H2,1-3H3,(H,17,19). The molecule has 2 rings (SSSR count). The van der Waals surface area contributed by atoms with E-state index in [4.69, 9.17) is 12.2 Å². The summed E-state index contributed by atoms with van der Waals surface area (Å²) in [5.41, 5.74) is 3.73. The summed E-state index contributed by atoms with van der Waals surface area (Å²) < 4.78 is 3.15. The van der Waals surface area contributed by atoms with Gasteiger partial charge in [-0.05, 0) is 44.1 Å². The van der Waals surface area contributed by atoms with E-state index < -0.39 is 0 Å². The number of H-pyrrole nitrogens is 1. The Morgan fingerprint density at radius 1 is 1.26 bits per heavy atom. The smallest absolute Gasteiger partial charge is 0.178 e. The Morgan fingerprint density at radius 3 is 2.79 bits per heavy atom. The Bertz CT molecular complexity index is 594. The number of imidazole rings is 1. The van der Waals surface area contributed by atoms with Gasteiger partial charge in [0.2, 0.25) is 0 Å². The molecule has 2 aromatic rings. The molecule has 0 saturated carbocycles. The number of fused-ring (bicyclic) bond motifs is 1. The van der Waals surface area contributed by atoms with Crippen molar-refractivity contribution < 1.29 is 0 Å². The van der Waals surface area contributed by atoms with Crippen molar-refractivity contribution in [1.29, 1.82) is 0 Å². The number of aromatic nitrogens is 2. The highest BCUT2D eigenvalue weighted by Gasteiger charge is 2.12. The van der Waals surface area contributed by atoms with Crippen LogP contribution in [0.2, 0.25) is 0 Å². The molecule has 1 aromatic heterocycles. The molecule has 1 aromatic carbocycles. The van der Waals surface area contributed by atoms with Gasteiger partial charge in [0, 0.05) is 6.04 Å². The molecule has 0 aliphatic carbocycles. The minimum Gasteiger partial charge on any atom is -0.331 e. The van der Waals surface area contributed by atoms with Crippen molar-refractivity contribution in [1.82, 2.24) is 9.55 Å². The molecule has 0 saturated heterocycles. The molecule has 1 unspecified atom stereocenters. The lowest BCUT2D eigenvalue weighted by Crippen LogP contribution is -2.06. The summed E-state index contributed by atoms with van der Waals surface area (Å²) in [6.07, 6.45) is 6.45. The van der Waals surface area contributed by atoms with Crippen molar-refractivity contribution in [2.24, 2.45) is 0 Å². The molecule has 0 radical (unpaired) electrons. The molecule has 1 atom stereocenters. The Balaban J connectivity index is 2.24. The monoisotopic (exact) mass is 276 g/mol. The van der Waals surface area contributed by atoms with Crippen LogP contribution in [0.3, 0.4) is 0 Å². The first kappa shape index (κ1) is 14.3. The largest absolute Gasteiger partial charge is 0.331 e. The number of unbranched alkanes of at least 4 members (excludes halogenated alkanes) is 3. The summed E-state index contributed by atoms with van der Waals surface area (Å²) in [6.45, 7) is 6.69. The van der Waals surface area contributed by atoms with Gasteiger partial charge >= 0.3 is 0 Å². The highest BCUT2D eigenvalue weighted by Crippen LogP contribution is 2.25. The number of rotatable bonds is 6.